The van der Waals surface area contributed by atoms with E-state index in [1.165, 1.54) is 22.7 Å². The molecule has 1 saturated heterocycles. The number of nitrogens with zero attached hydrogens (tertiary/aromatic N) is 6. The highest BCUT2D eigenvalue weighted by Gasteiger charge is 2.45. The lowest BCUT2D eigenvalue weighted by molar-refractivity contribution is -0.274. The Morgan fingerprint density at radius 1 is 1.03 bits per heavy atom. The number of halogens is 6. The lowest BCUT2D eigenvalue weighted by Gasteiger charge is -2.39. The fourth-order valence-electron chi connectivity index (χ4n) is 3.70. The highest BCUT2D eigenvalue weighted by atomic mass is 19.4. The molecule has 5 rings (SSSR count). The van der Waals surface area contributed by atoms with Gasteiger partial charge in [-0.05, 0) is 35.4 Å². The smallest absolute Gasteiger partial charge is 0.461 e. The number of aromatic nitrogens is 5. The van der Waals surface area contributed by atoms with Gasteiger partial charge in [0, 0.05) is 6.20 Å². The Morgan fingerprint density at radius 3 is 2.41 bits per heavy atom. The van der Waals surface area contributed by atoms with Crippen LogP contribution in [0.15, 0.2) is 53.6 Å². The average molecular weight is 526 g/mol. The first kappa shape index (κ1) is 24.4. The molecule has 0 spiro atoms. The second-order valence-electron chi connectivity index (χ2n) is 8.11. The van der Waals surface area contributed by atoms with Crippen LogP contribution in [0, 0.1) is 5.82 Å². The van der Waals surface area contributed by atoms with E-state index in [1.807, 2.05) is 0 Å². The average Bonchev–Trinajstić information content (AvgIpc) is 3.13. The Morgan fingerprint density at radius 2 is 1.73 bits per heavy atom. The fraction of sp³-hybridized carbons (Fsp3) is 0.273. The summed E-state index contributed by atoms with van der Waals surface area (Å²) in [5.74, 6) is -4.44. The van der Waals surface area contributed by atoms with Crippen molar-refractivity contribution in [2.45, 2.75) is 18.8 Å². The van der Waals surface area contributed by atoms with Crippen LogP contribution in [0.3, 0.4) is 0 Å². The lowest BCUT2D eigenvalue weighted by atomic mass is 10.1. The van der Waals surface area contributed by atoms with Crippen molar-refractivity contribution in [1.29, 1.82) is 0 Å². The summed E-state index contributed by atoms with van der Waals surface area (Å²) in [5.41, 5.74) is 0.891. The molecule has 1 aliphatic rings. The van der Waals surface area contributed by atoms with E-state index < -0.39 is 36.9 Å². The van der Waals surface area contributed by atoms with Crippen LogP contribution in [0.1, 0.15) is 0 Å². The van der Waals surface area contributed by atoms with E-state index in [1.54, 1.807) is 12.1 Å². The van der Waals surface area contributed by atoms with Gasteiger partial charge in [-0.2, -0.15) is 4.98 Å². The number of hydrogen-bond acceptors (Lipinski definition) is 7. The fourth-order valence-corrected chi connectivity index (χ4v) is 3.70. The van der Waals surface area contributed by atoms with Crippen LogP contribution in [-0.2, 0) is 6.54 Å². The molecule has 0 amide bonds. The number of alkyl halides is 5. The van der Waals surface area contributed by atoms with Gasteiger partial charge in [-0.3, -0.25) is 0 Å². The minimum atomic E-state index is -4.80. The van der Waals surface area contributed by atoms with Gasteiger partial charge in [0.15, 0.2) is 17.3 Å². The zero-order valence-electron chi connectivity index (χ0n) is 18.6. The number of ether oxygens (including phenoxy) is 2. The zero-order chi connectivity index (χ0) is 26.4. The van der Waals surface area contributed by atoms with Crippen LogP contribution in [0.4, 0.5) is 32.2 Å². The Balaban J connectivity index is 1.26. The molecule has 0 atom stereocenters. The third-order valence-corrected chi connectivity index (χ3v) is 5.38. The zero-order valence-corrected chi connectivity index (χ0v) is 18.6. The second-order valence-corrected chi connectivity index (χ2v) is 8.11. The summed E-state index contributed by atoms with van der Waals surface area (Å²) >= 11 is 0. The molecule has 4 aromatic rings. The molecule has 3 aromatic heterocycles. The van der Waals surface area contributed by atoms with Crippen LogP contribution >= 0.6 is 0 Å². The Bertz CT molecular complexity index is 1490. The largest absolute Gasteiger partial charge is 0.573 e. The van der Waals surface area contributed by atoms with E-state index in [4.69, 9.17) is 4.74 Å². The normalized spacial score (nSPS) is 15.0. The number of rotatable bonds is 7. The molecular weight excluding hydrogens is 510 g/mol. The molecule has 1 aromatic carbocycles. The third-order valence-electron chi connectivity index (χ3n) is 5.38. The molecule has 37 heavy (non-hydrogen) atoms. The number of fused-ring (bicyclic) bond motifs is 1. The van der Waals surface area contributed by atoms with Crippen molar-refractivity contribution < 1.29 is 35.8 Å². The van der Waals surface area contributed by atoms with E-state index in [9.17, 15) is 31.1 Å². The highest BCUT2D eigenvalue weighted by molar-refractivity contribution is 5.65. The molecule has 0 saturated carbocycles. The summed E-state index contributed by atoms with van der Waals surface area (Å²) in [4.78, 5) is 21.3. The third kappa shape index (κ3) is 5.29. The summed E-state index contributed by atoms with van der Waals surface area (Å²) in [5, 5.41) is 4.18. The van der Waals surface area contributed by atoms with E-state index in [-0.39, 0.29) is 30.7 Å². The van der Waals surface area contributed by atoms with Gasteiger partial charge in [0.2, 0.25) is 0 Å². The van der Waals surface area contributed by atoms with Crippen molar-refractivity contribution >= 4 is 11.5 Å². The number of hydrogen-bond donors (Lipinski definition) is 0. The maximum Gasteiger partial charge on any atom is 0.573 e. The van der Waals surface area contributed by atoms with Crippen molar-refractivity contribution in [2.24, 2.45) is 0 Å². The maximum atomic E-state index is 13.9. The first-order valence-electron chi connectivity index (χ1n) is 10.7. The maximum absolute atomic E-state index is 13.9. The van der Waals surface area contributed by atoms with Crippen LogP contribution in [0.25, 0.3) is 16.8 Å². The van der Waals surface area contributed by atoms with E-state index in [0.29, 0.717) is 16.8 Å². The summed E-state index contributed by atoms with van der Waals surface area (Å²) in [7, 11) is 0. The Kier molecular flexibility index (Phi) is 5.92. The summed E-state index contributed by atoms with van der Waals surface area (Å²) in [6.45, 7) is -1.48. The molecule has 0 N–H and O–H groups in total. The van der Waals surface area contributed by atoms with Crippen LogP contribution < -0.4 is 20.1 Å². The van der Waals surface area contributed by atoms with E-state index >= 15 is 0 Å². The number of pyridine rings is 1. The Labute approximate surface area is 203 Å². The topological polar surface area (TPSA) is 86.8 Å². The first-order valence-corrected chi connectivity index (χ1v) is 10.7. The van der Waals surface area contributed by atoms with Gasteiger partial charge in [-0.25, -0.2) is 32.0 Å². The van der Waals surface area contributed by atoms with Crippen LogP contribution in [-0.4, -0.2) is 56.1 Å². The van der Waals surface area contributed by atoms with Gasteiger partial charge in [0.25, 0.3) is 5.92 Å². The second kappa shape index (κ2) is 8.97. The highest BCUT2D eigenvalue weighted by Crippen LogP contribution is 2.32. The van der Waals surface area contributed by atoms with Crippen molar-refractivity contribution in [1.82, 2.24) is 24.1 Å². The number of anilines is 1. The van der Waals surface area contributed by atoms with E-state index in [0.717, 1.165) is 27.9 Å². The molecule has 4 heterocycles. The monoisotopic (exact) mass is 526 g/mol. The summed E-state index contributed by atoms with van der Waals surface area (Å²) in [6.07, 6.45) is -2.50. The molecule has 1 fully saturated rings. The molecule has 0 unspecified atom stereocenters. The minimum absolute atomic E-state index is 0.0306. The summed E-state index contributed by atoms with van der Waals surface area (Å²) < 4.78 is 88.7. The van der Waals surface area contributed by atoms with Crippen molar-refractivity contribution in [3.8, 4) is 22.9 Å². The molecular formula is C22H16F6N6O3. The molecule has 194 valence electrons. The molecule has 1 aliphatic heterocycles. The first-order chi connectivity index (χ1) is 17.5. The van der Waals surface area contributed by atoms with Crippen LogP contribution in [0.5, 0.6) is 11.8 Å². The SMILES string of the molecule is O=c1n(CCOc2ncc(F)c(N3CC(F)(F)C3)n2)nc2ccc(-c3ccc(OC(F)(F)F)cc3)cn12. The van der Waals surface area contributed by atoms with Gasteiger partial charge in [-0.1, -0.05) is 12.1 Å². The summed E-state index contributed by atoms with van der Waals surface area (Å²) in [6, 6.07) is 8.12. The van der Waals surface area contributed by atoms with Crippen molar-refractivity contribution in [3.05, 3.63) is 65.1 Å². The van der Waals surface area contributed by atoms with Gasteiger partial charge < -0.3 is 14.4 Å². The van der Waals surface area contributed by atoms with Gasteiger partial charge in [0.1, 0.15) is 12.4 Å². The van der Waals surface area contributed by atoms with Crippen molar-refractivity contribution in [2.75, 3.05) is 24.6 Å². The molecule has 0 bridgehead atoms. The predicted molar refractivity (Wildman–Crippen MR) is 116 cm³/mol. The van der Waals surface area contributed by atoms with Gasteiger partial charge >= 0.3 is 18.1 Å². The molecule has 9 nitrogen and oxygen atoms in total. The Hall–Kier alpha value is -4.30. The van der Waals surface area contributed by atoms with Gasteiger partial charge in [0.05, 0.1) is 25.8 Å². The van der Waals surface area contributed by atoms with E-state index in [2.05, 4.69) is 19.8 Å². The lowest BCUT2D eigenvalue weighted by Crippen LogP contribution is -2.57. The molecule has 0 aliphatic carbocycles. The molecule has 0 radical (unpaired) electrons. The van der Waals surface area contributed by atoms with Crippen molar-refractivity contribution in [3.63, 3.8) is 0 Å². The molecule has 15 heteroatoms. The standard InChI is InChI=1S/C22H16F6N6O3/c23-16-9-29-19(30-18(16)32-11-21(24,25)12-32)36-8-7-34-20(35)33-10-14(3-6-17(33)31-34)13-1-4-15(5-2-13)37-22(26,27)28/h1-6,9-10H,7-8,11-12H2. The minimum Gasteiger partial charge on any atom is -0.461 e. The van der Waals surface area contributed by atoms with Crippen LogP contribution in [0.2, 0.25) is 0 Å². The van der Waals surface area contributed by atoms with Gasteiger partial charge in [-0.15, -0.1) is 18.3 Å². The number of benzene rings is 1. The predicted octanol–water partition coefficient (Wildman–Crippen LogP) is 3.53. The quantitative estimate of drug-likeness (QED) is 0.341.